The predicted molar refractivity (Wildman–Crippen MR) is 127 cm³/mol. The normalized spacial score (nSPS) is 10.8. The number of unbranched alkanes of at least 4 members (excludes halogenated alkanes) is 9. The average molecular weight is 450 g/mol. The molecule has 6 heteroatoms. The first kappa shape index (κ1) is 24.5. The van der Waals surface area contributed by atoms with Gasteiger partial charge < -0.3 is 4.74 Å². The maximum absolute atomic E-state index is 10.6. The molecule has 30 heavy (non-hydrogen) atoms. The number of nitro benzene ring substituents is 1. The van der Waals surface area contributed by atoms with Crippen LogP contribution in [0.15, 0.2) is 53.4 Å². The molecule has 2 aromatic rings. The third kappa shape index (κ3) is 10.9. The van der Waals surface area contributed by atoms with Crippen LogP contribution in [0.3, 0.4) is 0 Å². The van der Waals surface area contributed by atoms with Gasteiger partial charge >= 0.3 is 0 Å². The summed E-state index contributed by atoms with van der Waals surface area (Å²) >= 11 is 7.82. The number of hydrogen-bond acceptors (Lipinski definition) is 4. The Labute approximate surface area is 189 Å². The van der Waals surface area contributed by atoms with Gasteiger partial charge in [-0.05, 0) is 55.0 Å². The van der Waals surface area contributed by atoms with Gasteiger partial charge in [0.15, 0.2) is 0 Å². The smallest absolute Gasteiger partial charge is 0.269 e. The Hall–Kier alpha value is -1.72. The Bertz CT molecular complexity index is 722. The number of rotatable bonds is 16. The van der Waals surface area contributed by atoms with E-state index in [1.807, 2.05) is 23.9 Å². The van der Waals surface area contributed by atoms with E-state index in [0.29, 0.717) is 12.4 Å². The second-order valence-electron chi connectivity index (χ2n) is 7.44. The van der Waals surface area contributed by atoms with Crippen molar-refractivity contribution >= 4 is 29.1 Å². The van der Waals surface area contributed by atoms with Crippen molar-refractivity contribution in [1.29, 1.82) is 0 Å². The number of thioether (sulfide) groups is 1. The lowest BCUT2D eigenvalue weighted by atomic mass is 10.1. The van der Waals surface area contributed by atoms with E-state index in [-0.39, 0.29) is 5.69 Å². The molecule has 0 aliphatic carbocycles. The van der Waals surface area contributed by atoms with Crippen LogP contribution in [0.5, 0.6) is 5.75 Å². The molecule has 0 saturated carbocycles. The molecular weight excluding hydrogens is 418 g/mol. The highest BCUT2D eigenvalue weighted by Crippen LogP contribution is 2.22. The highest BCUT2D eigenvalue weighted by Gasteiger charge is 2.04. The molecule has 0 radical (unpaired) electrons. The zero-order chi connectivity index (χ0) is 21.4. The van der Waals surface area contributed by atoms with Crippen LogP contribution < -0.4 is 4.74 Å². The SMILES string of the molecule is O=[N+]([O-])c1ccc(OCCCCCCCCCCCCSc2ccc(Cl)cc2)cc1. The van der Waals surface area contributed by atoms with Gasteiger partial charge in [-0.1, -0.05) is 63.0 Å². The third-order valence-corrected chi connectivity index (χ3v) is 6.29. The molecule has 0 atom stereocenters. The third-order valence-electron chi connectivity index (χ3n) is 4.94. The van der Waals surface area contributed by atoms with Crippen LogP contribution in [0, 0.1) is 10.1 Å². The quantitative estimate of drug-likeness (QED) is 0.112. The summed E-state index contributed by atoms with van der Waals surface area (Å²) in [5.74, 6) is 1.89. The van der Waals surface area contributed by atoms with Crippen LogP contribution in [-0.4, -0.2) is 17.3 Å². The van der Waals surface area contributed by atoms with Crippen molar-refractivity contribution in [3.05, 3.63) is 63.7 Å². The van der Waals surface area contributed by atoms with E-state index in [1.165, 1.54) is 80.6 Å². The van der Waals surface area contributed by atoms with Gasteiger partial charge in [0.25, 0.3) is 5.69 Å². The minimum atomic E-state index is -0.397. The van der Waals surface area contributed by atoms with E-state index in [4.69, 9.17) is 16.3 Å². The van der Waals surface area contributed by atoms with Crippen LogP contribution in [0.2, 0.25) is 5.02 Å². The van der Waals surface area contributed by atoms with Crippen molar-refractivity contribution < 1.29 is 9.66 Å². The second-order valence-corrected chi connectivity index (χ2v) is 9.04. The molecule has 0 spiro atoms. The highest BCUT2D eigenvalue weighted by molar-refractivity contribution is 7.99. The molecule has 0 N–H and O–H groups in total. The fourth-order valence-electron chi connectivity index (χ4n) is 3.19. The molecule has 0 saturated heterocycles. The number of ether oxygens (including phenoxy) is 1. The van der Waals surface area contributed by atoms with E-state index < -0.39 is 4.92 Å². The number of nitrogens with zero attached hydrogens (tertiary/aromatic N) is 1. The van der Waals surface area contributed by atoms with Crippen LogP contribution in [0.1, 0.15) is 64.2 Å². The summed E-state index contributed by atoms with van der Waals surface area (Å²) in [6.45, 7) is 0.672. The topological polar surface area (TPSA) is 52.4 Å². The van der Waals surface area contributed by atoms with Gasteiger partial charge in [-0.25, -0.2) is 0 Å². The Morgan fingerprint density at radius 2 is 1.30 bits per heavy atom. The molecular formula is C24H32ClNO3S. The van der Waals surface area contributed by atoms with Gasteiger partial charge in [-0.2, -0.15) is 0 Å². The van der Waals surface area contributed by atoms with Crippen LogP contribution >= 0.6 is 23.4 Å². The van der Waals surface area contributed by atoms with E-state index in [0.717, 1.165) is 11.4 Å². The maximum atomic E-state index is 10.6. The largest absolute Gasteiger partial charge is 0.494 e. The number of non-ortho nitro benzene ring substituents is 1. The fourth-order valence-corrected chi connectivity index (χ4v) is 4.23. The molecule has 0 heterocycles. The van der Waals surface area contributed by atoms with Crippen LogP contribution in [0.4, 0.5) is 5.69 Å². The molecule has 0 unspecified atom stereocenters. The summed E-state index contributed by atoms with van der Waals surface area (Å²) in [7, 11) is 0. The lowest BCUT2D eigenvalue weighted by Gasteiger charge is -2.06. The molecule has 2 rings (SSSR count). The summed E-state index contributed by atoms with van der Waals surface area (Å²) in [5.41, 5.74) is 0.0965. The average Bonchev–Trinajstić information content (AvgIpc) is 2.75. The van der Waals surface area contributed by atoms with Gasteiger partial charge in [0.2, 0.25) is 0 Å². The van der Waals surface area contributed by atoms with Crippen molar-refractivity contribution in [3.8, 4) is 5.75 Å². The van der Waals surface area contributed by atoms with Gasteiger partial charge in [0, 0.05) is 22.1 Å². The molecule has 0 bridgehead atoms. The summed E-state index contributed by atoms with van der Waals surface area (Å²) < 4.78 is 5.64. The Kier molecular flexibility index (Phi) is 12.4. The summed E-state index contributed by atoms with van der Waals surface area (Å²) in [4.78, 5) is 11.5. The Balaban J connectivity index is 1.33. The van der Waals surface area contributed by atoms with Crippen molar-refractivity contribution in [1.82, 2.24) is 0 Å². The molecule has 164 valence electrons. The molecule has 0 aromatic heterocycles. The van der Waals surface area contributed by atoms with E-state index >= 15 is 0 Å². The van der Waals surface area contributed by atoms with Gasteiger partial charge in [-0.15, -0.1) is 11.8 Å². The number of nitro groups is 1. The van der Waals surface area contributed by atoms with Crippen molar-refractivity contribution in [2.75, 3.05) is 12.4 Å². The zero-order valence-electron chi connectivity index (χ0n) is 17.6. The summed E-state index contributed by atoms with van der Waals surface area (Å²) in [5, 5.41) is 11.4. The molecule has 4 nitrogen and oxygen atoms in total. The Morgan fingerprint density at radius 3 is 1.87 bits per heavy atom. The fraction of sp³-hybridized carbons (Fsp3) is 0.500. The van der Waals surface area contributed by atoms with E-state index in [2.05, 4.69) is 12.1 Å². The van der Waals surface area contributed by atoms with Crippen LogP contribution in [-0.2, 0) is 0 Å². The number of benzene rings is 2. The predicted octanol–water partition coefficient (Wildman–Crippen LogP) is 8.32. The van der Waals surface area contributed by atoms with Crippen molar-refractivity contribution in [3.63, 3.8) is 0 Å². The first-order valence-electron chi connectivity index (χ1n) is 10.9. The van der Waals surface area contributed by atoms with E-state index in [9.17, 15) is 10.1 Å². The minimum absolute atomic E-state index is 0.0965. The standard InChI is InChI=1S/C24H32ClNO3S/c25-21-11-17-24(18-12-21)30-20-10-8-6-4-2-1-3-5-7-9-19-29-23-15-13-22(14-16-23)26(27)28/h11-18H,1-10,19-20H2. The molecule has 2 aromatic carbocycles. The molecule has 0 aliphatic rings. The van der Waals surface area contributed by atoms with Crippen molar-refractivity contribution in [2.24, 2.45) is 0 Å². The Morgan fingerprint density at radius 1 is 0.767 bits per heavy atom. The summed E-state index contributed by atoms with van der Waals surface area (Å²) in [6, 6.07) is 14.4. The van der Waals surface area contributed by atoms with Crippen LogP contribution in [0.25, 0.3) is 0 Å². The number of halogens is 1. The van der Waals surface area contributed by atoms with Gasteiger partial charge in [-0.3, -0.25) is 10.1 Å². The minimum Gasteiger partial charge on any atom is -0.494 e. The second kappa shape index (κ2) is 15.1. The van der Waals surface area contributed by atoms with Gasteiger partial charge in [0.05, 0.1) is 11.5 Å². The number of hydrogen-bond donors (Lipinski definition) is 0. The summed E-state index contributed by atoms with van der Waals surface area (Å²) in [6.07, 6.45) is 12.7. The zero-order valence-corrected chi connectivity index (χ0v) is 19.1. The van der Waals surface area contributed by atoms with Crippen molar-refractivity contribution in [2.45, 2.75) is 69.1 Å². The maximum Gasteiger partial charge on any atom is 0.269 e. The monoisotopic (exact) mass is 449 g/mol. The first-order valence-corrected chi connectivity index (χ1v) is 12.3. The molecule has 0 amide bonds. The lowest BCUT2D eigenvalue weighted by molar-refractivity contribution is -0.384. The van der Waals surface area contributed by atoms with Gasteiger partial charge in [0.1, 0.15) is 5.75 Å². The lowest BCUT2D eigenvalue weighted by Crippen LogP contribution is -1.97. The first-order chi connectivity index (χ1) is 14.6. The highest BCUT2D eigenvalue weighted by atomic mass is 35.5. The van der Waals surface area contributed by atoms with E-state index in [1.54, 1.807) is 12.1 Å². The molecule has 0 fully saturated rings. The molecule has 0 aliphatic heterocycles.